The molecule has 226 valence electrons. The van der Waals surface area contributed by atoms with Crippen molar-refractivity contribution >= 4 is 43.6 Å². The molecule has 1 aliphatic rings. The van der Waals surface area contributed by atoms with Crippen molar-refractivity contribution in [3.8, 4) is 39.6 Å². The Kier molecular flexibility index (Phi) is 5.59. The maximum absolute atomic E-state index is 5.39. The minimum absolute atomic E-state index is 0.0588. The fraction of sp³-hybridized carbons (Fsp3) is 0.0682. The minimum Gasteiger partial charge on any atom is -0.294 e. The molecule has 48 heavy (non-hydrogen) atoms. The molecule has 0 N–H and O–H groups in total. The van der Waals surface area contributed by atoms with Gasteiger partial charge in [0.1, 0.15) is 11.3 Å². The molecule has 0 saturated carbocycles. The molecule has 4 heteroatoms. The molecule has 4 nitrogen and oxygen atoms in total. The molecule has 3 aromatic heterocycles. The number of para-hydroxylation sites is 2. The summed E-state index contributed by atoms with van der Waals surface area (Å²) in [5.41, 5.74) is 12.1. The van der Waals surface area contributed by atoms with E-state index in [1.54, 1.807) is 0 Å². The van der Waals surface area contributed by atoms with Crippen LogP contribution in [0.2, 0.25) is 0 Å². The third-order valence-electron chi connectivity index (χ3n) is 10.2. The number of pyridine rings is 1. The highest BCUT2D eigenvalue weighted by atomic mass is 15.1. The van der Waals surface area contributed by atoms with Crippen LogP contribution in [-0.4, -0.2) is 19.5 Å². The summed E-state index contributed by atoms with van der Waals surface area (Å²) in [5, 5.41) is 4.45. The maximum atomic E-state index is 5.39. The zero-order valence-corrected chi connectivity index (χ0v) is 26.6. The van der Waals surface area contributed by atoms with Gasteiger partial charge < -0.3 is 0 Å². The summed E-state index contributed by atoms with van der Waals surface area (Å²) in [7, 11) is 0. The van der Waals surface area contributed by atoms with Crippen LogP contribution in [0.1, 0.15) is 25.0 Å². The summed E-state index contributed by atoms with van der Waals surface area (Å²) in [6.45, 7) is 4.63. The van der Waals surface area contributed by atoms with Crippen LogP contribution in [0.25, 0.3) is 83.2 Å². The molecular formula is C44H30N4. The predicted octanol–water partition coefficient (Wildman–Crippen LogP) is 10.9. The number of hydrogen-bond donors (Lipinski definition) is 0. The van der Waals surface area contributed by atoms with E-state index < -0.39 is 0 Å². The molecule has 1 aliphatic carbocycles. The summed E-state index contributed by atoms with van der Waals surface area (Å²) < 4.78 is 2.27. The van der Waals surface area contributed by atoms with Gasteiger partial charge in [0.25, 0.3) is 0 Å². The molecule has 0 amide bonds. The Morgan fingerprint density at radius 1 is 0.479 bits per heavy atom. The molecule has 9 aromatic rings. The zero-order valence-electron chi connectivity index (χ0n) is 26.6. The van der Waals surface area contributed by atoms with E-state index in [0.717, 1.165) is 55.5 Å². The Hall–Kier alpha value is -6.13. The fourth-order valence-corrected chi connectivity index (χ4v) is 7.86. The summed E-state index contributed by atoms with van der Waals surface area (Å²) in [4.78, 5) is 15.9. The number of nitrogens with zero attached hydrogens (tertiary/aromatic N) is 4. The van der Waals surface area contributed by atoms with Crippen LogP contribution < -0.4 is 0 Å². The quantitative estimate of drug-likeness (QED) is 0.186. The largest absolute Gasteiger partial charge is 0.294 e. The molecule has 6 aromatic carbocycles. The third kappa shape index (κ3) is 3.80. The number of fused-ring (bicyclic) bond motifs is 9. The maximum Gasteiger partial charge on any atom is 0.160 e. The van der Waals surface area contributed by atoms with Crippen LogP contribution in [0, 0.1) is 0 Å². The third-order valence-corrected chi connectivity index (χ3v) is 10.2. The second kappa shape index (κ2) is 9.93. The zero-order chi connectivity index (χ0) is 32.0. The lowest BCUT2D eigenvalue weighted by Crippen LogP contribution is -2.14. The monoisotopic (exact) mass is 614 g/mol. The first-order valence-electron chi connectivity index (χ1n) is 16.5. The molecule has 0 atom stereocenters. The van der Waals surface area contributed by atoms with Gasteiger partial charge in [-0.25, -0.2) is 15.0 Å². The summed E-state index contributed by atoms with van der Waals surface area (Å²) in [6.07, 6.45) is 0. The van der Waals surface area contributed by atoms with Crippen LogP contribution in [0.3, 0.4) is 0 Å². The van der Waals surface area contributed by atoms with Gasteiger partial charge in [-0.15, -0.1) is 0 Å². The second-order valence-electron chi connectivity index (χ2n) is 13.3. The molecule has 0 spiro atoms. The van der Waals surface area contributed by atoms with Crippen molar-refractivity contribution in [3.63, 3.8) is 0 Å². The van der Waals surface area contributed by atoms with Crippen LogP contribution in [0.15, 0.2) is 146 Å². The van der Waals surface area contributed by atoms with Crippen LogP contribution >= 0.6 is 0 Å². The van der Waals surface area contributed by atoms with E-state index in [2.05, 4.69) is 146 Å². The van der Waals surface area contributed by atoms with Crippen LogP contribution in [-0.2, 0) is 5.41 Å². The summed E-state index contributed by atoms with van der Waals surface area (Å²) in [5.74, 6) is 1.56. The summed E-state index contributed by atoms with van der Waals surface area (Å²) >= 11 is 0. The van der Waals surface area contributed by atoms with Gasteiger partial charge in [-0.1, -0.05) is 123 Å². The van der Waals surface area contributed by atoms with Crippen molar-refractivity contribution in [2.24, 2.45) is 0 Å². The van der Waals surface area contributed by atoms with E-state index in [1.807, 2.05) is 18.2 Å². The predicted molar refractivity (Wildman–Crippen MR) is 198 cm³/mol. The van der Waals surface area contributed by atoms with Gasteiger partial charge in [0.2, 0.25) is 0 Å². The highest BCUT2D eigenvalue weighted by Gasteiger charge is 2.35. The standard InChI is InChI=1S/C44H30N4/c1-44(2)35-17-9-6-14-30(35)34-26-29(21-24-36(34)44)40-33-23-20-27-22-25-39(45-41(27)42(33)47-43(46-40)28-12-4-3-5-13-28)48-37-18-10-7-15-31(37)32-16-8-11-19-38(32)48/h3-26H,1-2H3. The molecular weight excluding hydrogens is 585 g/mol. The average molecular weight is 615 g/mol. The van der Waals surface area contributed by atoms with E-state index in [4.69, 9.17) is 15.0 Å². The molecule has 0 radical (unpaired) electrons. The van der Waals surface area contributed by atoms with Crippen LogP contribution in [0.5, 0.6) is 0 Å². The molecule has 0 saturated heterocycles. The number of rotatable bonds is 3. The lowest BCUT2D eigenvalue weighted by Gasteiger charge is -2.21. The highest BCUT2D eigenvalue weighted by Crippen LogP contribution is 2.49. The van der Waals surface area contributed by atoms with Gasteiger partial charge in [-0.3, -0.25) is 4.57 Å². The Labute approximate surface area is 278 Å². The topological polar surface area (TPSA) is 43.6 Å². The van der Waals surface area contributed by atoms with E-state index in [0.29, 0.717) is 5.82 Å². The van der Waals surface area contributed by atoms with Crippen LogP contribution in [0.4, 0.5) is 0 Å². The smallest absolute Gasteiger partial charge is 0.160 e. The van der Waals surface area contributed by atoms with E-state index >= 15 is 0 Å². The Bertz CT molecular complexity index is 2700. The molecule has 0 fully saturated rings. The average Bonchev–Trinajstić information content (AvgIpc) is 3.60. The molecule has 3 heterocycles. The first-order chi connectivity index (χ1) is 23.6. The van der Waals surface area contributed by atoms with Gasteiger partial charge in [0, 0.05) is 38.1 Å². The molecule has 10 rings (SSSR count). The number of hydrogen-bond acceptors (Lipinski definition) is 3. The first-order valence-corrected chi connectivity index (χ1v) is 16.5. The lowest BCUT2D eigenvalue weighted by atomic mass is 9.82. The Balaban J connectivity index is 1.26. The normalized spacial score (nSPS) is 13.4. The van der Waals surface area contributed by atoms with Crippen molar-refractivity contribution in [1.82, 2.24) is 19.5 Å². The van der Waals surface area contributed by atoms with Crippen molar-refractivity contribution in [2.75, 3.05) is 0 Å². The molecule has 0 aliphatic heterocycles. The van der Waals surface area contributed by atoms with Gasteiger partial charge in [-0.2, -0.15) is 0 Å². The Morgan fingerprint density at radius 3 is 1.94 bits per heavy atom. The van der Waals surface area contributed by atoms with Crippen molar-refractivity contribution in [2.45, 2.75) is 19.3 Å². The highest BCUT2D eigenvalue weighted by molar-refractivity contribution is 6.11. The number of aromatic nitrogens is 4. The van der Waals surface area contributed by atoms with Crippen molar-refractivity contribution in [3.05, 3.63) is 157 Å². The van der Waals surface area contributed by atoms with E-state index in [-0.39, 0.29) is 5.41 Å². The first kappa shape index (κ1) is 27.0. The van der Waals surface area contributed by atoms with Gasteiger partial charge in [0.05, 0.1) is 22.2 Å². The summed E-state index contributed by atoms with van der Waals surface area (Å²) in [6, 6.07) is 51.6. The number of benzene rings is 6. The minimum atomic E-state index is -0.0588. The lowest BCUT2D eigenvalue weighted by molar-refractivity contribution is 0.660. The second-order valence-corrected chi connectivity index (χ2v) is 13.3. The Morgan fingerprint density at radius 2 is 1.15 bits per heavy atom. The SMILES string of the molecule is CC1(C)c2ccccc2-c2cc(-c3nc(-c4ccccc4)nc4c3ccc3ccc(-n5c6ccccc6c6ccccc65)nc34)ccc21. The van der Waals surface area contributed by atoms with Crippen molar-refractivity contribution < 1.29 is 0 Å². The molecule has 0 unspecified atom stereocenters. The fourth-order valence-electron chi connectivity index (χ4n) is 7.86. The van der Waals surface area contributed by atoms with Gasteiger partial charge >= 0.3 is 0 Å². The molecule has 0 bridgehead atoms. The van der Waals surface area contributed by atoms with Crippen molar-refractivity contribution in [1.29, 1.82) is 0 Å². The van der Waals surface area contributed by atoms with E-state index in [9.17, 15) is 0 Å². The van der Waals surface area contributed by atoms with Gasteiger partial charge in [-0.05, 0) is 58.7 Å². The van der Waals surface area contributed by atoms with E-state index in [1.165, 1.54) is 33.0 Å². The van der Waals surface area contributed by atoms with Gasteiger partial charge in [0.15, 0.2) is 5.82 Å².